The summed E-state index contributed by atoms with van der Waals surface area (Å²) in [5.41, 5.74) is 2.81. The molecule has 0 bridgehead atoms. The molecule has 17 heavy (non-hydrogen) atoms. The average molecular weight is 235 g/mol. The number of rotatable bonds is 4. The van der Waals surface area contributed by atoms with Crippen molar-refractivity contribution in [3.63, 3.8) is 0 Å². The minimum absolute atomic E-state index is 0.132. The summed E-state index contributed by atoms with van der Waals surface area (Å²) < 4.78 is 0. The molecule has 2 N–H and O–H groups in total. The van der Waals surface area contributed by atoms with E-state index < -0.39 is 0 Å². The predicted molar refractivity (Wildman–Crippen MR) is 73.2 cm³/mol. The van der Waals surface area contributed by atoms with E-state index in [1.165, 1.54) is 11.1 Å². The summed E-state index contributed by atoms with van der Waals surface area (Å²) in [4.78, 5) is 0. The zero-order chi connectivity index (χ0) is 13.1. The van der Waals surface area contributed by atoms with Crippen LogP contribution in [0.3, 0.4) is 0 Å². The SMILES string of the molecule is CC(N[C@H](C)CO)c1ccc(C(C)(C)C)cc1. The number of aliphatic hydroxyl groups excluding tert-OH is 1. The molecule has 2 nitrogen and oxygen atoms in total. The molecule has 1 rings (SSSR count). The number of aliphatic hydroxyl groups is 1. The van der Waals surface area contributed by atoms with E-state index in [1.807, 2.05) is 6.92 Å². The van der Waals surface area contributed by atoms with Crippen LogP contribution in [-0.2, 0) is 5.41 Å². The minimum Gasteiger partial charge on any atom is -0.395 e. The lowest BCUT2D eigenvalue weighted by molar-refractivity contribution is 0.243. The molecule has 1 aromatic carbocycles. The highest BCUT2D eigenvalue weighted by Crippen LogP contribution is 2.23. The largest absolute Gasteiger partial charge is 0.395 e. The number of benzene rings is 1. The Kier molecular flexibility index (Phi) is 4.72. The standard InChI is InChI=1S/C15H25NO/c1-11(10-17)16-12(2)13-6-8-14(9-7-13)15(3,4)5/h6-9,11-12,16-17H,10H2,1-5H3/t11-,12?/m1/s1. The first-order valence-electron chi connectivity index (χ1n) is 6.32. The van der Waals surface area contributed by atoms with E-state index in [-0.39, 0.29) is 24.1 Å². The van der Waals surface area contributed by atoms with Gasteiger partial charge in [-0.05, 0) is 30.4 Å². The number of nitrogens with one attached hydrogen (secondary N) is 1. The molecule has 0 aliphatic carbocycles. The summed E-state index contributed by atoms with van der Waals surface area (Å²) in [6.07, 6.45) is 0. The second-order valence-corrected chi connectivity index (χ2v) is 5.84. The van der Waals surface area contributed by atoms with Crippen LogP contribution in [0.25, 0.3) is 0 Å². The van der Waals surface area contributed by atoms with E-state index in [0.29, 0.717) is 0 Å². The highest BCUT2D eigenvalue weighted by Gasteiger charge is 2.14. The van der Waals surface area contributed by atoms with Gasteiger partial charge in [0.25, 0.3) is 0 Å². The lowest BCUT2D eigenvalue weighted by atomic mass is 9.86. The van der Waals surface area contributed by atoms with Gasteiger partial charge in [-0.15, -0.1) is 0 Å². The summed E-state index contributed by atoms with van der Waals surface area (Å²) >= 11 is 0. The molecule has 2 heteroatoms. The maximum atomic E-state index is 9.02. The van der Waals surface area contributed by atoms with Crippen molar-refractivity contribution in [3.8, 4) is 0 Å². The monoisotopic (exact) mass is 235 g/mol. The quantitative estimate of drug-likeness (QED) is 0.841. The summed E-state index contributed by atoms with van der Waals surface area (Å²) in [6.45, 7) is 10.9. The first-order valence-corrected chi connectivity index (χ1v) is 6.32. The molecular weight excluding hydrogens is 210 g/mol. The topological polar surface area (TPSA) is 32.3 Å². The lowest BCUT2D eigenvalue weighted by Gasteiger charge is -2.22. The second kappa shape index (κ2) is 5.65. The predicted octanol–water partition coefficient (Wildman–Crippen LogP) is 3.02. The molecule has 1 unspecified atom stereocenters. The molecule has 0 spiro atoms. The molecule has 0 saturated heterocycles. The molecule has 0 radical (unpaired) electrons. The van der Waals surface area contributed by atoms with Crippen molar-refractivity contribution < 1.29 is 5.11 Å². The summed E-state index contributed by atoms with van der Waals surface area (Å²) in [5.74, 6) is 0. The van der Waals surface area contributed by atoms with Crippen LogP contribution in [0.4, 0.5) is 0 Å². The molecule has 1 aromatic rings. The average Bonchev–Trinajstić information content (AvgIpc) is 2.27. The lowest BCUT2D eigenvalue weighted by Crippen LogP contribution is -2.31. The van der Waals surface area contributed by atoms with E-state index in [1.54, 1.807) is 0 Å². The van der Waals surface area contributed by atoms with Crippen LogP contribution in [0.2, 0.25) is 0 Å². The van der Waals surface area contributed by atoms with Crippen LogP contribution in [0.1, 0.15) is 51.8 Å². The molecule has 0 aromatic heterocycles. The first kappa shape index (κ1) is 14.2. The maximum absolute atomic E-state index is 9.02. The number of hydrogen-bond acceptors (Lipinski definition) is 2. The smallest absolute Gasteiger partial charge is 0.0582 e. The van der Waals surface area contributed by atoms with Crippen LogP contribution in [-0.4, -0.2) is 17.8 Å². The van der Waals surface area contributed by atoms with Crippen LogP contribution in [0.15, 0.2) is 24.3 Å². The van der Waals surface area contributed by atoms with Crippen molar-refractivity contribution in [2.75, 3.05) is 6.61 Å². The Balaban J connectivity index is 2.74. The Bertz CT molecular complexity index is 337. The van der Waals surface area contributed by atoms with Gasteiger partial charge in [0.05, 0.1) is 6.61 Å². The molecule has 0 fully saturated rings. The third kappa shape index (κ3) is 4.14. The molecule has 0 aliphatic heterocycles. The summed E-state index contributed by atoms with van der Waals surface area (Å²) in [7, 11) is 0. The third-order valence-corrected chi connectivity index (χ3v) is 3.09. The normalized spacial score (nSPS) is 15.6. The Morgan fingerprint density at radius 3 is 2.06 bits per heavy atom. The third-order valence-electron chi connectivity index (χ3n) is 3.09. The molecule has 0 heterocycles. The maximum Gasteiger partial charge on any atom is 0.0582 e. The van der Waals surface area contributed by atoms with Gasteiger partial charge in [0.1, 0.15) is 0 Å². The fraction of sp³-hybridized carbons (Fsp3) is 0.600. The van der Waals surface area contributed by atoms with Gasteiger partial charge >= 0.3 is 0 Å². The van der Waals surface area contributed by atoms with Crippen LogP contribution in [0.5, 0.6) is 0 Å². The molecule has 96 valence electrons. The fourth-order valence-electron chi connectivity index (χ4n) is 1.85. The van der Waals surface area contributed by atoms with Crippen LogP contribution >= 0.6 is 0 Å². The second-order valence-electron chi connectivity index (χ2n) is 5.84. The van der Waals surface area contributed by atoms with Gasteiger partial charge in [-0.1, -0.05) is 45.0 Å². The molecule has 2 atom stereocenters. The zero-order valence-corrected chi connectivity index (χ0v) is 11.6. The van der Waals surface area contributed by atoms with Crippen molar-refractivity contribution in [3.05, 3.63) is 35.4 Å². The van der Waals surface area contributed by atoms with Crippen LogP contribution < -0.4 is 5.32 Å². The van der Waals surface area contributed by atoms with E-state index >= 15 is 0 Å². The molecule has 0 amide bonds. The summed E-state index contributed by atoms with van der Waals surface area (Å²) in [6, 6.07) is 9.12. The Morgan fingerprint density at radius 2 is 1.65 bits per heavy atom. The van der Waals surface area contributed by atoms with Crippen molar-refractivity contribution in [2.24, 2.45) is 0 Å². The Labute approximate surface area is 105 Å². The Morgan fingerprint density at radius 1 is 1.12 bits per heavy atom. The summed E-state index contributed by atoms with van der Waals surface area (Å²) in [5, 5.41) is 12.4. The van der Waals surface area contributed by atoms with Crippen molar-refractivity contribution in [1.29, 1.82) is 0 Å². The van der Waals surface area contributed by atoms with Gasteiger partial charge in [-0.2, -0.15) is 0 Å². The van der Waals surface area contributed by atoms with Gasteiger partial charge in [-0.25, -0.2) is 0 Å². The van der Waals surface area contributed by atoms with E-state index in [9.17, 15) is 0 Å². The van der Waals surface area contributed by atoms with Gasteiger partial charge in [-0.3, -0.25) is 0 Å². The number of hydrogen-bond donors (Lipinski definition) is 2. The zero-order valence-electron chi connectivity index (χ0n) is 11.6. The fourth-order valence-corrected chi connectivity index (χ4v) is 1.85. The molecule has 0 saturated carbocycles. The van der Waals surface area contributed by atoms with Gasteiger partial charge < -0.3 is 10.4 Å². The minimum atomic E-state index is 0.132. The highest BCUT2D eigenvalue weighted by molar-refractivity contribution is 5.29. The van der Waals surface area contributed by atoms with Crippen molar-refractivity contribution >= 4 is 0 Å². The van der Waals surface area contributed by atoms with Gasteiger partial charge in [0.2, 0.25) is 0 Å². The van der Waals surface area contributed by atoms with Crippen LogP contribution in [0, 0.1) is 0 Å². The van der Waals surface area contributed by atoms with E-state index in [4.69, 9.17) is 5.11 Å². The van der Waals surface area contributed by atoms with E-state index in [2.05, 4.69) is 57.3 Å². The van der Waals surface area contributed by atoms with Crippen molar-refractivity contribution in [1.82, 2.24) is 5.32 Å². The van der Waals surface area contributed by atoms with Gasteiger partial charge in [0.15, 0.2) is 0 Å². The molecule has 0 aliphatic rings. The van der Waals surface area contributed by atoms with Gasteiger partial charge in [0, 0.05) is 12.1 Å². The highest BCUT2D eigenvalue weighted by atomic mass is 16.3. The molecular formula is C15H25NO. The first-order chi connectivity index (χ1) is 7.84. The Hall–Kier alpha value is -0.860. The van der Waals surface area contributed by atoms with Crippen molar-refractivity contribution in [2.45, 2.75) is 52.1 Å². The van der Waals surface area contributed by atoms with E-state index in [0.717, 1.165) is 0 Å².